The van der Waals surface area contributed by atoms with Crippen LogP contribution in [0.1, 0.15) is 30.6 Å². The highest BCUT2D eigenvalue weighted by atomic mass is 32.2. The molecule has 0 saturated heterocycles. The Hall–Kier alpha value is -0.670. The van der Waals surface area contributed by atoms with Crippen LogP contribution in [0.4, 0.5) is 0 Å². The Balaban J connectivity index is 2.65. The summed E-state index contributed by atoms with van der Waals surface area (Å²) in [5.74, 6) is 1.92. The summed E-state index contributed by atoms with van der Waals surface area (Å²) in [4.78, 5) is 0. The Bertz CT molecular complexity index is 324. The second-order valence-electron chi connectivity index (χ2n) is 3.91. The van der Waals surface area contributed by atoms with Gasteiger partial charge in [0.05, 0.1) is 12.7 Å². The normalized spacial score (nSPS) is 12.5. The van der Waals surface area contributed by atoms with Crippen LogP contribution in [0.5, 0.6) is 5.75 Å². The summed E-state index contributed by atoms with van der Waals surface area (Å²) in [6.45, 7) is 4.50. The zero-order chi connectivity index (χ0) is 12.0. The standard InChI is InChI=1S/C13H20O2S/c1-10-5-6-12(11(2)14)13(9-10)15-7-4-8-16-3/h5-6,9,11,14H,4,7-8H2,1-3H3. The minimum atomic E-state index is -0.476. The van der Waals surface area contributed by atoms with Crippen LogP contribution in [0.15, 0.2) is 18.2 Å². The Kier molecular flexibility index (Phi) is 5.71. The summed E-state index contributed by atoms with van der Waals surface area (Å²) in [5, 5.41) is 9.61. The van der Waals surface area contributed by atoms with Gasteiger partial charge in [0.1, 0.15) is 5.75 Å². The van der Waals surface area contributed by atoms with E-state index in [9.17, 15) is 5.11 Å². The lowest BCUT2D eigenvalue weighted by atomic mass is 10.1. The van der Waals surface area contributed by atoms with E-state index < -0.39 is 6.10 Å². The van der Waals surface area contributed by atoms with E-state index in [4.69, 9.17) is 4.74 Å². The molecule has 1 aromatic rings. The number of ether oxygens (including phenoxy) is 1. The van der Waals surface area contributed by atoms with Crippen LogP contribution in [0.2, 0.25) is 0 Å². The molecular weight excluding hydrogens is 220 g/mol. The van der Waals surface area contributed by atoms with Crippen molar-refractivity contribution in [2.24, 2.45) is 0 Å². The SMILES string of the molecule is CSCCCOc1cc(C)ccc1C(C)O. The van der Waals surface area contributed by atoms with Crippen molar-refractivity contribution in [2.75, 3.05) is 18.6 Å². The second-order valence-corrected chi connectivity index (χ2v) is 4.90. The predicted molar refractivity (Wildman–Crippen MR) is 70.3 cm³/mol. The zero-order valence-corrected chi connectivity index (χ0v) is 11.0. The van der Waals surface area contributed by atoms with Crippen LogP contribution in [-0.4, -0.2) is 23.7 Å². The molecule has 0 saturated carbocycles. The maximum atomic E-state index is 9.61. The first-order valence-corrected chi connectivity index (χ1v) is 6.95. The van der Waals surface area contributed by atoms with Crippen molar-refractivity contribution in [3.8, 4) is 5.75 Å². The van der Waals surface area contributed by atoms with E-state index in [0.717, 1.165) is 29.1 Å². The van der Waals surface area contributed by atoms with E-state index >= 15 is 0 Å². The van der Waals surface area contributed by atoms with Crippen molar-refractivity contribution in [3.63, 3.8) is 0 Å². The lowest BCUT2D eigenvalue weighted by Gasteiger charge is -2.14. The molecule has 0 aromatic heterocycles. The number of benzene rings is 1. The fourth-order valence-electron chi connectivity index (χ4n) is 1.50. The molecule has 0 amide bonds. The average Bonchev–Trinajstić information content (AvgIpc) is 2.24. The summed E-state index contributed by atoms with van der Waals surface area (Å²) in [6.07, 6.45) is 2.65. The number of aryl methyl sites for hydroxylation is 1. The van der Waals surface area contributed by atoms with Gasteiger partial charge < -0.3 is 9.84 Å². The molecule has 90 valence electrons. The molecule has 0 aliphatic carbocycles. The van der Waals surface area contributed by atoms with Crippen LogP contribution in [0.3, 0.4) is 0 Å². The van der Waals surface area contributed by atoms with Crippen molar-refractivity contribution in [2.45, 2.75) is 26.4 Å². The number of rotatable bonds is 6. The van der Waals surface area contributed by atoms with E-state index in [2.05, 4.69) is 6.26 Å². The van der Waals surface area contributed by atoms with Gasteiger partial charge in [-0.15, -0.1) is 0 Å². The molecule has 1 atom stereocenters. The van der Waals surface area contributed by atoms with Gasteiger partial charge in [0.15, 0.2) is 0 Å². The van der Waals surface area contributed by atoms with E-state index in [1.165, 1.54) is 0 Å². The Morgan fingerprint density at radius 3 is 2.81 bits per heavy atom. The molecule has 1 aromatic carbocycles. The first-order chi connectivity index (χ1) is 7.65. The zero-order valence-electron chi connectivity index (χ0n) is 10.2. The van der Waals surface area contributed by atoms with Crippen molar-refractivity contribution >= 4 is 11.8 Å². The summed E-state index contributed by atoms with van der Waals surface area (Å²) in [7, 11) is 0. The Labute approximate surface area is 102 Å². The first kappa shape index (κ1) is 13.4. The Morgan fingerprint density at radius 2 is 2.19 bits per heavy atom. The van der Waals surface area contributed by atoms with Crippen LogP contribution >= 0.6 is 11.8 Å². The lowest BCUT2D eigenvalue weighted by Crippen LogP contribution is -2.03. The molecule has 0 radical (unpaired) electrons. The van der Waals surface area contributed by atoms with Gasteiger partial charge in [-0.1, -0.05) is 12.1 Å². The minimum absolute atomic E-state index is 0.476. The maximum Gasteiger partial charge on any atom is 0.125 e. The molecule has 0 aliphatic heterocycles. The first-order valence-electron chi connectivity index (χ1n) is 5.55. The molecule has 1 N–H and O–H groups in total. The van der Waals surface area contributed by atoms with Gasteiger partial charge in [-0.2, -0.15) is 11.8 Å². The predicted octanol–water partition coefficient (Wildman–Crippen LogP) is 3.18. The van der Waals surface area contributed by atoms with E-state index in [1.54, 1.807) is 6.92 Å². The van der Waals surface area contributed by atoms with Gasteiger partial charge in [0.2, 0.25) is 0 Å². The molecule has 2 nitrogen and oxygen atoms in total. The van der Waals surface area contributed by atoms with Gasteiger partial charge in [-0.3, -0.25) is 0 Å². The number of thioether (sulfide) groups is 1. The third-order valence-corrected chi connectivity index (χ3v) is 3.07. The highest BCUT2D eigenvalue weighted by Gasteiger charge is 2.08. The van der Waals surface area contributed by atoms with E-state index in [0.29, 0.717) is 6.61 Å². The number of aliphatic hydroxyl groups excluding tert-OH is 1. The average molecular weight is 240 g/mol. The second kappa shape index (κ2) is 6.81. The van der Waals surface area contributed by atoms with E-state index in [-0.39, 0.29) is 0 Å². The summed E-state index contributed by atoms with van der Waals surface area (Å²) in [5.41, 5.74) is 2.03. The number of hydrogen-bond donors (Lipinski definition) is 1. The molecule has 16 heavy (non-hydrogen) atoms. The fourth-order valence-corrected chi connectivity index (χ4v) is 1.90. The van der Waals surface area contributed by atoms with Crippen molar-refractivity contribution in [1.82, 2.24) is 0 Å². The van der Waals surface area contributed by atoms with Gasteiger partial charge in [-0.05, 0) is 43.9 Å². The minimum Gasteiger partial charge on any atom is -0.493 e. The molecule has 1 rings (SSSR count). The topological polar surface area (TPSA) is 29.5 Å². The van der Waals surface area contributed by atoms with Crippen molar-refractivity contribution < 1.29 is 9.84 Å². The molecule has 1 unspecified atom stereocenters. The molecular formula is C13H20O2S. The summed E-state index contributed by atoms with van der Waals surface area (Å²) >= 11 is 1.82. The van der Waals surface area contributed by atoms with Crippen LogP contribution in [0, 0.1) is 6.92 Å². The van der Waals surface area contributed by atoms with Gasteiger partial charge in [0, 0.05) is 5.56 Å². The van der Waals surface area contributed by atoms with Crippen molar-refractivity contribution in [3.05, 3.63) is 29.3 Å². The quantitative estimate of drug-likeness (QED) is 0.774. The van der Waals surface area contributed by atoms with Crippen LogP contribution < -0.4 is 4.74 Å². The summed E-state index contributed by atoms with van der Waals surface area (Å²) < 4.78 is 5.71. The van der Waals surface area contributed by atoms with Gasteiger partial charge >= 0.3 is 0 Å². The monoisotopic (exact) mass is 240 g/mol. The number of hydrogen-bond acceptors (Lipinski definition) is 3. The lowest BCUT2D eigenvalue weighted by molar-refractivity contribution is 0.191. The molecule has 0 aliphatic rings. The third kappa shape index (κ3) is 4.06. The molecule has 0 bridgehead atoms. The number of aliphatic hydroxyl groups is 1. The smallest absolute Gasteiger partial charge is 0.125 e. The highest BCUT2D eigenvalue weighted by molar-refractivity contribution is 7.98. The van der Waals surface area contributed by atoms with E-state index in [1.807, 2.05) is 36.9 Å². The van der Waals surface area contributed by atoms with Gasteiger partial charge in [0.25, 0.3) is 0 Å². The van der Waals surface area contributed by atoms with Crippen molar-refractivity contribution in [1.29, 1.82) is 0 Å². The van der Waals surface area contributed by atoms with Gasteiger partial charge in [-0.25, -0.2) is 0 Å². The molecule has 3 heteroatoms. The third-order valence-electron chi connectivity index (χ3n) is 2.37. The molecule has 0 spiro atoms. The largest absolute Gasteiger partial charge is 0.493 e. The highest BCUT2D eigenvalue weighted by Crippen LogP contribution is 2.26. The Morgan fingerprint density at radius 1 is 1.44 bits per heavy atom. The van der Waals surface area contributed by atoms with Crippen LogP contribution in [0.25, 0.3) is 0 Å². The molecule has 0 heterocycles. The van der Waals surface area contributed by atoms with Crippen LogP contribution in [-0.2, 0) is 0 Å². The summed E-state index contributed by atoms with van der Waals surface area (Å²) in [6, 6.07) is 5.92. The maximum absolute atomic E-state index is 9.61. The fraction of sp³-hybridized carbons (Fsp3) is 0.538. The molecule has 0 fully saturated rings.